The molecule has 9 nitrogen and oxygen atoms in total. The van der Waals surface area contributed by atoms with Crippen molar-refractivity contribution >= 4 is 32.7 Å². The number of rotatable bonds is 8. The summed E-state index contributed by atoms with van der Waals surface area (Å²) < 4.78 is 28.5. The molecule has 0 aliphatic rings. The van der Waals surface area contributed by atoms with E-state index in [1.54, 1.807) is 18.2 Å². The fraction of sp³-hybridized carbons (Fsp3) is 0.167. The van der Waals surface area contributed by atoms with E-state index in [0.717, 1.165) is 5.56 Å². The van der Waals surface area contributed by atoms with Crippen LogP contribution in [0.5, 0.6) is 0 Å². The van der Waals surface area contributed by atoms with Gasteiger partial charge in [-0.15, -0.1) is 0 Å². The minimum atomic E-state index is -4.01. The third-order valence-corrected chi connectivity index (χ3v) is 6.84. The second-order valence-corrected chi connectivity index (χ2v) is 9.72. The van der Waals surface area contributed by atoms with E-state index in [1.165, 1.54) is 24.3 Å². The van der Waals surface area contributed by atoms with E-state index in [1.807, 2.05) is 49.3 Å². The van der Waals surface area contributed by atoms with E-state index in [2.05, 4.69) is 20.0 Å². The highest BCUT2D eigenvalue weighted by Gasteiger charge is 2.21. The topological polar surface area (TPSA) is 127 Å². The molecule has 1 heterocycles. The second-order valence-electron chi connectivity index (χ2n) is 8.04. The summed E-state index contributed by atoms with van der Waals surface area (Å²) in [5.74, 6) is -0.397. The van der Waals surface area contributed by atoms with Gasteiger partial charge in [-0.1, -0.05) is 42.5 Å². The number of nitrogens with one attached hydrogen (secondary N) is 4. The lowest BCUT2D eigenvalue weighted by atomic mass is 10.1. The van der Waals surface area contributed by atoms with Crippen molar-refractivity contribution in [2.75, 3.05) is 25.4 Å². The molecule has 0 aliphatic heterocycles. The highest BCUT2D eigenvalue weighted by molar-refractivity contribution is 7.92. The van der Waals surface area contributed by atoms with Gasteiger partial charge in [0.15, 0.2) is 0 Å². The van der Waals surface area contributed by atoms with Crippen molar-refractivity contribution in [2.24, 2.45) is 0 Å². The molecule has 10 heteroatoms. The zero-order valence-corrected chi connectivity index (χ0v) is 19.5. The number of amides is 1. The third-order valence-electron chi connectivity index (χ3n) is 5.48. The van der Waals surface area contributed by atoms with Crippen molar-refractivity contribution < 1.29 is 13.2 Å². The van der Waals surface area contributed by atoms with Crippen LogP contribution < -0.4 is 15.7 Å². The zero-order chi connectivity index (χ0) is 24.3. The standard InChI is InChI=1S/C24H25N5O4S/c1-29(2)22(16-8-4-3-5-9-16)15-25-23(30)18-10-6-7-11-19(18)28-34(32,33)17-12-13-20-21(14-17)27-24(31)26-20/h3-14,22,28H,15H2,1-2H3,(H,25,30)(H2,26,27,31). The number of nitrogens with zero attached hydrogens (tertiary/aromatic N) is 1. The molecular weight excluding hydrogens is 454 g/mol. The molecule has 1 amide bonds. The molecule has 1 unspecified atom stereocenters. The van der Waals surface area contributed by atoms with Crippen LogP contribution >= 0.6 is 0 Å². The summed E-state index contributed by atoms with van der Waals surface area (Å²) in [5, 5.41) is 2.91. The molecule has 0 bridgehead atoms. The minimum absolute atomic E-state index is 0.0396. The highest BCUT2D eigenvalue weighted by atomic mass is 32.2. The van der Waals surface area contributed by atoms with Crippen LogP contribution in [-0.4, -0.2) is 49.8 Å². The molecule has 4 aromatic rings. The van der Waals surface area contributed by atoms with Gasteiger partial charge in [-0.05, 0) is 50.0 Å². The summed E-state index contributed by atoms with van der Waals surface area (Å²) in [6, 6.07) is 20.4. The molecule has 34 heavy (non-hydrogen) atoms. The lowest BCUT2D eigenvalue weighted by Crippen LogP contribution is -2.35. The maximum atomic E-state index is 13.0. The molecule has 0 radical (unpaired) electrons. The number of likely N-dealkylation sites (N-methyl/N-ethyl adjacent to an activating group) is 1. The van der Waals surface area contributed by atoms with Crippen molar-refractivity contribution in [3.8, 4) is 0 Å². The van der Waals surface area contributed by atoms with Gasteiger partial charge in [-0.3, -0.25) is 9.52 Å². The van der Waals surface area contributed by atoms with E-state index in [9.17, 15) is 18.0 Å². The number of aromatic amines is 2. The molecule has 0 saturated carbocycles. The fourth-order valence-corrected chi connectivity index (χ4v) is 4.82. The molecule has 3 aromatic carbocycles. The molecule has 4 rings (SSSR count). The van der Waals surface area contributed by atoms with Gasteiger partial charge < -0.3 is 20.2 Å². The second kappa shape index (κ2) is 9.54. The Balaban J connectivity index is 1.54. The first kappa shape index (κ1) is 23.3. The zero-order valence-electron chi connectivity index (χ0n) is 18.7. The average molecular weight is 480 g/mol. The summed E-state index contributed by atoms with van der Waals surface area (Å²) in [7, 11) is -0.151. The molecule has 1 atom stereocenters. The maximum Gasteiger partial charge on any atom is 0.323 e. The van der Waals surface area contributed by atoms with Crippen LogP contribution in [0, 0.1) is 0 Å². The van der Waals surface area contributed by atoms with Gasteiger partial charge in [0.25, 0.3) is 15.9 Å². The first-order chi connectivity index (χ1) is 16.2. The summed E-state index contributed by atoms with van der Waals surface area (Å²) in [6.45, 7) is 0.342. The number of H-pyrrole nitrogens is 2. The first-order valence-electron chi connectivity index (χ1n) is 10.6. The smallest absolute Gasteiger partial charge is 0.323 e. The van der Waals surface area contributed by atoms with Gasteiger partial charge >= 0.3 is 5.69 Å². The minimum Gasteiger partial charge on any atom is -0.350 e. The summed E-state index contributed by atoms with van der Waals surface area (Å²) in [6.07, 6.45) is 0. The van der Waals surface area contributed by atoms with Crippen LogP contribution in [0.2, 0.25) is 0 Å². The maximum absolute atomic E-state index is 13.0. The molecule has 1 aromatic heterocycles. The highest BCUT2D eigenvalue weighted by Crippen LogP contribution is 2.23. The number of hydrogen-bond acceptors (Lipinski definition) is 5. The Morgan fingerprint density at radius 2 is 1.62 bits per heavy atom. The number of sulfonamides is 1. The summed E-state index contributed by atoms with van der Waals surface area (Å²) in [4.78, 5) is 31.6. The number of hydrogen-bond donors (Lipinski definition) is 4. The number of aromatic nitrogens is 2. The van der Waals surface area contributed by atoms with Crippen LogP contribution in [0.15, 0.2) is 82.5 Å². The van der Waals surface area contributed by atoms with Crippen molar-refractivity contribution in [2.45, 2.75) is 10.9 Å². The Labute approximate surface area is 196 Å². The number of para-hydroxylation sites is 1. The largest absolute Gasteiger partial charge is 0.350 e. The van der Waals surface area contributed by atoms with Gasteiger partial charge in [0.1, 0.15) is 0 Å². The quantitative estimate of drug-likeness (QED) is 0.309. The Morgan fingerprint density at radius 1 is 0.941 bits per heavy atom. The molecule has 4 N–H and O–H groups in total. The van der Waals surface area contributed by atoms with Crippen LogP contribution in [-0.2, 0) is 10.0 Å². The van der Waals surface area contributed by atoms with Crippen LogP contribution in [0.4, 0.5) is 5.69 Å². The Kier molecular flexibility index (Phi) is 6.53. The fourth-order valence-electron chi connectivity index (χ4n) is 3.71. The number of imidazole rings is 1. The number of carbonyl (C=O) groups excluding carboxylic acids is 1. The Morgan fingerprint density at radius 3 is 2.35 bits per heavy atom. The van der Waals surface area contributed by atoms with Crippen LogP contribution in [0.25, 0.3) is 11.0 Å². The predicted octanol–water partition coefficient (Wildman–Crippen LogP) is 2.69. The molecule has 0 fully saturated rings. The Hall–Kier alpha value is -3.89. The van der Waals surface area contributed by atoms with Gasteiger partial charge in [0, 0.05) is 6.54 Å². The molecule has 0 saturated heterocycles. The summed E-state index contributed by atoms with van der Waals surface area (Å²) >= 11 is 0. The van der Waals surface area contributed by atoms with E-state index in [4.69, 9.17) is 0 Å². The van der Waals surface area contributed by atoms with Crippen molar-refractivity contribution in [3.05, 3.63) is 94.4 Å². The van der Waals surface area contributed by atoms with Gasteiger partial charge in [0.05, 0.1) is 33.2 Å². The molecule has 0 spiro atoms. The average Bonchev–Trinajstić information content (AvgIpc) is 3.19. The molecule has 176 valence electrons. The van der Waals surface area contributed by atoms with Crippen LogP contribution in [0.3, 0.4) is 0 Å². The van der Waals surface area contributed by atoms with E-state index < -0.39 is 21.6 Å². The third kappa shape index (κ3) is 5.03. The van der Waals surface area contributed by atoms with Crippen LogP contribution in [0.1, 0.15) is 22.0 Å². The number of benzene rings is 3. The van der Waals surface area contributed by atoms with Gasteiger partial charge in [0.2, 0.25) is 0 Å². The van der Waals surface area contributed by atoms with E-state index in [0.29, 0.717) is 17.6 Å². The predicted molar refractivity (Wildman–Crippen MR) is 131 cm³/mol. The van der Waals surface area contributed by atoms with E-state index >= 15 is 0 Å². The number of fused-ring (bicyclic) bond motifs is 1. The van der Waals surface area contributed by atoms with Gasteiger partial charge in [-0.25, -0.2) is 13.2 Å². The normalized spacial score (nSPS) is 12.6. The van der Waals surface area contributed by atoms with Crippen molar-refractivity contribution in [1.29, 1.82) is 0 Å². The first-order valence-corrected chi connectivity index (χ1v) is 12.1. The monoisotopic (exact) mass is 479 g/mol. The lowest BCUT2D eigenvalue weighted by Gasteiger charge is -2.25. The molecule has 0 aliphatic carbocycles. The number of carbonyl (C=O) groups is 1. The van der Waals surface area contributed by atoms with Crippen molar-refractivity contribution in [1.82, 2.24) is 20.2 Å². The Bertz CT molecular complexity index is 1480. The van der Waals surface area contributed by atoms with Crippen molar-refractivity contribution in [3.63, 3.8) is 0 Å². The van der Waals surface area contributed by atoms with Gasteiger partial charge in [-0.2, -0.15) is 0 Å². The number of anilines is 1. The lowest BCUT2D eigenvalue weighted by molar-refractivity contribution is 0.0943. The molecular formula is C24H25N5O4S. The van der Waals surface area contributed by atoms with E-state index in [-0.39, 0.29) is 22.2 Å². The SMILES string of the molecule is CN(C)C(CNC(=O)c1ccccc1NS(=O)(=O)c1ccc2[nH]c(=O)[nH]c2c1)c1ccccc1. The summed E-state index contributed by atoms with van der Waals surface area (Å²) in [5.41, 5.74) is 1.86.